The molecule has 0 aliphatic heterocycles. The Balaban J connectivity index is 2.30. The lowest BCUT2D eigenvalue weighted by atomic mass is 10.3. The van der Waals surface area contributed by atoms with E-state index in [4.69, 9.17) is 0 Å². The number of thiophene rings is 1. The fourth-order valence-corrected chi connectivity index (χ4v) is 3.80. The first-order valence-electron chi connectivity index (χ1n) is 7.16. The molecule has 2 aromatic rings. The average molecular weight is 391 g/mol. The van der Waals surface area contributed by atoms with E-state index >= 15 is 0 Å². The summed E-state index contributed by atoms with van der Waals surface area (Å²) in [5.41, 5.74) is 0.350. The van der Waals surface area contributed by atoms with Crippen LogP contribution < -0.4 is 0 Å². The van der Waals surface area contributed by atoms with Crippen molar-refractivity contribution in [1.82, 2.24) is 14.8 Å². The van der Waals surface area contributed by atoms with Crippen LogP contribution in [0.2, 0.25) is 0 Å². The molecule has 0 radical (unpaired) electrons. The maximum Gasteiger partial charge on any atom is 0.406 e. The van der Waals surface area contributed by atoms with Crippen LogP contribution in [0.25, 0.3) is 9.88 Å². The van der Waals surface area contributed by atoms with E-state index in [2.05, 4.69) is 4.98 Å². The normalized spacial score (nSPS) is 11.4. The predicted octanol–water partition coefficient (Wildman–Crippen LogP) is 3.27. The summed E-state index contributed by atoms with van der Waals surface area (Å²) >= 11 is 2.46. The van der Waals surface area contributed by atoms with Crippen LogP contribution in [0.4, 0.5) is 13.2 Å². The molecule has 136 valence electrons. The van der Waals surface area contributed by atoms with Gasteiger partial charge in [-0.05, 0) is 18.4 Å². The molecule has 0 aliphatic rings. The Labute approximate surface area is 150 Å². The van der Waals surface area contributed by atoms with Crippen LogP contribution in [0.1, 0.15) is 15.4 Å². The van der Waals surface area contributed by atoms with Crippen molar-refractivity contribution in [2.45, 2.75) is 13.1 Å². The van der Waals surface area contributed by atoms with Gasteiger partial charge in [0.05, 0.1) is 10.6 Å². The first-order valence-corrected chi connectivity index (χ1v) is 8.85. The minimum Gasteiger partial charge on any atom is -0.347 e. The minimum absolute atomic E-state index is 0.110. The lowest BCUT2D eigenvalue weighted by molar-refractivity contribution is -0.146. The largest absolute Gasteiger partial charge is 0.406 e. The van der Waals surface area contributed by atoms with Crippen molar-refractivity contribution < 1.29 is 22.8 Å². The van der Waals surface area contributed by atoms with E-state index in [1.807, 2.05) is 17.5 Å². The van der Waals surface area contributed by atoms with E-state index in [0.717, 1.165) is 21.1 Å². The van der Waals surface area contributed by atoms with Crippen molar-refractivity contribution in [1.29, 1.82) is 0 Å². The number of rotatable bonds is 5. The number of hydrogen-bond donors (Lipinski definition) is 0. The van der Waals surface area contributed by atoms with Crippen LogP contribution >= 0.6 is 22.7 Å². The van der Waals surface area contributed by atoms with E-state index in [1.165, 1.54) is 25.4 Å². The Morgan fingerprint density at radius 3 is 2.48 bits per heavy atom. The first kappa shape index (κ1) is 19.4. The molecule has 0 spiro atoms. The number of carbonyl (C=O) groups is 2. The second-order valence-electron chi connectivity index (χ2n) is 5.48. The number of halogens is 3. The molecule has 0 aliphatic carbocycles. The molecule has 0 saturated heterocycles. The van der Waals surface area contributed by atoms with Crippen LogP contribution in [0.3, 0.4) is 0 Å². The van der Waals surface area contributed by atoms with Crippen molar-refractivity contribution in [2.24, 2.45) is 0 Å². The third-order valence-corrected chi connectivity index (χ3v) is 5.39. The molecule has 0 N–H and O–H groups in total. The molecule has 0 aromatic carbocycles. The Kier molecular flexibility index (Phi) is 5.83. The standard InChI is InChI=1S/C15H16F3N3O2S2/c1-9-12(25-13(19-9)10-5-4-6-24-10)14(23)21(8-15(16,17)18)7-11(22)20(2)3/h4-6H,7-8H2,1-3H3. The summed E-state index contributed by atoms with van der Waals surface area (Å²) in [6, 6.07) is 3.64. The highest BCUT2D eigenvalue weighted by Gasteiger charge is 2.35. The summed E-state index contributed by atoms with van der Waals surface area (Å²) < 4.78 is 38.5. The van der Waals surface area contributed by atoms with Gasteiger partial charge >= 0.3 is 6.18 Å². The molecule has 2 amide bonds. The number of nitrogens with zero attached hydrogens (tertiary/aromatic N) is 3. The molecule has 2 heterocycles. The molecule has 10 heteroatoms. The van der Waals surface area contributed by atoms with Gasteiger partial charge < -0.3 is 9.80 Å². The van der Waals surface area contributed by atoms with E-state index in [-0.39, 0.29) is 4.88 Å². The van der Waals surface area contributed by atoms with Crippen LogP contribution in [0.5, 0.6) is 0 Å². The van der Waals surface area contributed by atoms with Crippen molar-refractivity contribution in [3.63, 3.8) is 0 Å². The van der Waals surface area contributed by atoms with Crippen LogP contribution in [-0.2, 0) is 4.79 Å². The summed E-state index contributed by atoms with van der Waals surface area (Å²) in [6.45, 7) is -0.561. The quantitative estimate of drug-likeness (QED) is 0.786. The highest BCUT2D eigenvalue weighted by molar-refractivity contribution is 7.22. The molecule has 0 saturated carbocycles. The molecule has 5 nitrogen and oxygen atoms in total. The Morgan fingerprint density at radius 1 is 1.28 bits per heavy atom. The molecule has 0 bridgehead atoms. The zero-order valence-electron chi connectivity index (χ0n) is 13.8. The molecule has 2 rings (SSSR count). The summed E-state index contributed by atoms with van der Waals surface area (Å²) in [5, 5.41) is 2.42. The minimum atomic E-state index is -4.60. The van der Waals surface area contributed by atoms with Gasteiger partial charge in [-0.15, -0.1) is 22.7 Å². The van der Waals surface area contributed by atoms with Crippen molar-refractivity contribution in [2.75, 3.05) is 27.2 Å². The van der Waals surface area contributed by atoms with Gasteiger partial charge in [0.1, 0.15) is 23.0 Å². The average Bonchev–Trinajstić information content (AvgIpc) is 3.13. The molecule has 25 heavy (non-hydrogen) atoms. The Morgan fingerprint density at radius 2 is 1.96 bits per heavy atom. The molecule has 0 fully saturated rings. The topological polar surface area (TPSA) is 53.5 Å². The smallest absolute Gasteiger partial charge is 0.347 e. The SMILES string of the molecule is Cc1nc(-c2cccs2)sc1C(=O)N(CC(=O)N(C)C)CC(F)(F)F. The van der Waals surface area contributed by atoms with Gasteiger partial charge in [0.25, 0.3) is 5.91 Å². The van der Waals surface area contributed by atoms with Crippen LogP contribution in [0, 0.1) is 6.92 Å². The molecular weight excluding hydrogens is 375 g/mol. The summed E-state index contributed by atoms with van der Waals surface area (Å²) in [7, 11) is 2.84. The third kappa shape index (κ3) is 5.02. The van der Waals surface area contributed by atoms with Crippen molar-refractivity contribution in [3.05, 3.63) is 28.1 Å². The number of aryl methyl sites for hydroxylation is 1. The summed E-state index contributed by atoms with van der Waals surface area (Å²) in [4.78, 5) is 31.3. The third-order valence-electron chi connectivity index (χ3n) is 3.21. The zero-order chi connectivity index (χ0) is 18.8. The Hall–Kier alpha value is -1.94. The fraction of sp³-hybridized carbons (Fsp3) is 0.400. The summed E-state index contributed by atoms with van der Waals surface area (Å²) in [5.74, 6) is -1.43. The van der Waals surface area contributed by atoms with Gasteiger partial charge in [-0.25, -0.2) is 4.98 Å². The van der Waals surface area contributed by atoms with E-state index in [1.54, 1.807) is 6.92 Å². The second kappa shape index (κ2) is 7.52. The van der Waals surface area contributed by atoms with Gasteiger partial charge in [-0.2, -0.15) is 13.2 Å². The van der Waals surface area contributed by atoms with Crippen molar-refractivity contribution >= 4 is 34.5 Å². The van der Waals surface area contributed by atoms with Gasteiger partial charge in [0.2, 0.25) is 5.91 Å². The summed E-state index contributed by atoms with van der Waals surface area (Å²) in [6.07, 6.45) is -4.60. The van der Waals surface area contributed by atoms with Crippen LogP contribution in [0.15, 0.2) is 17.5 Å². The first-order chi connectivity index (χ1) is 11.6. The number of likely N-dealkylation sites (N-methyl/N-ethyl adjacent to an activating group) is 1. The van der Waals surface area contributed by atoms with E-state index in [9.17, 15) is 22.8 Å². The van der Waals surface area contributed by atoms with E-state index in [0.29, 0.717) is 15.6 Å². The van der Waals surface area contributed by atoms with Gasteiger partial charge in [-0.1, -0.05) is 6.07 Å². The molecular formula is C15H16F3N3O2S2. The zero-order valence-corrected chi connectivity index (χ0v) is 15.4. The van der Waals surface area contributed by atoms with E-state index < -0.39 is 31.1 Å². The van der Waals surface area contributed by atoms with Crippen molar-refractivity contribution in [3.8, 4) is 9.88 Å². The number of hydrogen-bond acceptors (Lipinski definition) is 5. The highest BCUT2D eigenvalue weighted by Crippen LogP contribution is 2.32. The molecule has 0 unspecified atom stereocenters. The van der Waals surface area contributed by atoms with Gasteiger partial charge in [0, 0.05) is 14.1 Å². The number of aromatic nitrogens is 1. The predicted molar refractivity (Wildman–Crippen MR) is 90.8 cm³/mol. The fourth-order valence-electron chi connectivity index (χ4n) is 1.96. The second-order valence-corrected chi connectivity index (χ2v) is 7.42. The maximum atomic E-state index is 12.8. The lowest BCUT2D eigenvalue weighted by Crippen LogP contribution is -2.44. The Bertz CT molecular complexity index is 755. The maximum absolute atomic E-state index is 12.8. The highest BCUT2D eigenvalue weighted by atomic mass is 32.1. The van der Waals surface area contributed by atoms with Gasteiger partial charge in [0.15, 0.2) is 0 Å². The lowest BCUT2D eigenvalue weighted by Gasteiger charge is -2.24. The molecule has 0 atom stereocenters. The number of thiazole rings is 1. The van der Waals surface area contributed by atoms with Gasteiger partial charge in [-0.3, -0.25) is 9.59 Å². The molecule has 2 aromatic heterocycles. The number of alkyl halides is 3. The monoisotopic (exact) mass is 391 g/mol. The van der Waals surface area contributed by atoms with Crippen LogP contribution in [-0.4, -0.2) is 60.0 Å². The number of amides is 2. The number of carbonyl (C=O) groups excluding carboxylic acids is 2.